The lowest BCUT2D eigenvalue weighted by molar-refractivity contribution is 0.240. The molecule has 0 saturated carbocycles. The van der Waals surface area contributed by atoms with E-state index in [2.05, 4.69) is 25.9 Å². The summed E-state index contributed by atoms with van der Waals surface area (Å²) in [5.41, 5.74) is 1.07. The van der Waals surface area contributed by atoms with Crippen molar-refractivity contribution in [2.24, 2.45) is 0 Å². The summed E-state index contributed by atoms with van der Waals surface area (Å²) in [5, 5.41) is 18.9. The van der Waals surface area contributed by atoms with Crippen molar-refractivity contribution in [3.8, 4) is 0 Å². The van der Waals surface area contributed by atoms with Crippen molar-refractivity contribution in [2.75, 3.05) is 6.54 Å². The average Bonchev–Trinajstić information content (AvgIpc) is 3.08. The van der Waals surface area contributed by atoms with Gasteiger partial charge in [0.15, 0.2) is 5.82 Å². The Labute approximate surface area is 131 Å². The molecule has 2 N–H and O–H groups in total. The Kier molecular flexibility index (Phi) is 4.29. The van der Waals surface area contributed by atoms with Crippen LogP contribution in [0.2, 0.25) is 0 Å². The van der Waals surface area contributed by atoms with Gasteiger partial charge in [-0.1, -0.05) is 41.7 Å². The number of rotatable bonds is 5. The quantitative estimate of drug-likeness (QED) is 0.748. The Hall–Kier alpha value is -2.48. The van der Waals surface area contributed by atoms with Gasteiger partial charge in [-0.05, 0) is 12.5 Å². The molecule has 7 nitrogen and oxygen atoms in total. The van der Waals surface area contributed by atoms with Crippen LogP contribution in [0.4, 0.5) is 4.79 Å². The van der Waals surface area contributed by atoms with Crippen molar-refractivity contribution in [3.63, 3.8) is 0 Å². The molecule has 0 aliphatic carbocycles. The molecule has 0 aliphatic rings. The van der Waals surface area contributed by atoms with Crippen molar-refractivity contribution in [1.29, 1.82) is 0 Å². The molecular formula is C14H16N6OS. The highest BCUT2D eigenvalue weighted by molar-refractivity contribution is 7.16. The molecule has 3 aromatic rings. The zero-order valence-corrected chi connectivity index (χ0v) is 12.9. The van der Waals surface area contributed by atoms with Crippen LogP contribution in [0.1, 0.15) is 16.4 Å². The molecule has 0 saturated heterocycles. The van der Waals surface area contributed by atoms with Crippen molar-refractivity contribution in [1.82, 2.24) is 30.4 Å². The predicted molar refractivity (Wildman–Crippen MR) is 83.8 cm³/mol. The van der Waals surface area contributed by atoms with Gasteiger partial charge < -0.3 is 10.6 Å². The van der Waals surface area contributed by atoms with Crippen LogP contribution < -0.4 is 10.6 Å². The molecule has 0 aliphatic heterocycles. The predicted octanol–water partition coefficient (Wildman–Crippen LogP) is 1.54. The molecule has 1 aromatic carbocycles. The van der Waals surface area contributed by atoms with E-state index in [9.17, 15) is 4.79 Å². The van der Waals surface area contributed by atoms with E-state index in [0.29, 0.717) is 19.5 Å². The molecule has 22 heavy (non-hydrogen) atoms. The van der Waals surface area contributed by atoms with E-state index in [4.69, 9.17) is 0 Å². The molecular weight excluding hydrogens is 300 g/mol. The van der Waals surface area contributed by atoms with Crippen LogP contribution in [0.5, 0.6) is 0 Å². The lowest BCUT2D eigenvalue weighted by Crippen LogP contribution is -2.36. The number of hydrogen-bond donors (Lipinski definition) is 2. The summed E-state index contributed by atoms with van der Waals surface area (Å²) in [5.74, 6) is 0.770. The molecule has 2 heterocycles. The van der Waals surface area contributed by atoms with Gasteiger partial charge in [-0.15, -0.1) is 10.2 Å². The minimum absolute atomic E-state index is 0.178. The first-order valence-corrected chi connectivity index (χ1v) is 7.77. The maximum absolute atomic E-state index is 11.7. The highest BCUT2D eigenvalue weighted by Crippen LogP contribution is 2.13. The lowest BCUT2D eigenvalue weighted by Gasteiger charge is -2.06. The number of nitrogens with one attached hydrogen (secondary N) is 2. The first-order valence-electron chi connectivity index (χ1n) is 6.96. The SMILES string of the molecule is Cc1nnc2sc(CCNC(=O)NCc3ccccc3)nn12. The van der Waals surface area contributed by atoms with Crippen LogP contribution in [0.15, 0.2) is 30.3 Å². The van der Waals surface area contributed by atoms with Crippen LogP contribution in [0.3, 0.4) is 0 Å². The number of aromatic nitrogens is 4. The summed E-state index contributed by atoms with van der Waals surface area (Å²) in [6, 6.07) is 9.62. The Morgan fingerprint density at radius 2 is 2.05 bits per heavy atom. The van der Waals surface area contributed by atoms with Crippen LogP contribution >= 0.6 is 11.3 Å². The molecule has 0 unspecified atom stereocenters. The molecule has 3 rings (SSSR count). The second-order valence-corrected chi connectivity index (χ2v) is 5.82. The highest BCUT2D eigenvalue weighted by Gasteiger charge is 2.08. The molecule has 0 bridgehead atoms. The maximum Gasteiger partial charge on any atom is 0.315 e. The van der Waals surface area contributed by atoms with Gasteiger partial charge in [0.2, 0.25) is 4.96 Å². The van der Waals surface area contributed by atoms with E-state index >= 15 is 0 Å². The highest BCUT2D eigenvalue weighted by atomic mass is 32.1. The third-order valence-corrected chi connectivity index (χ3v) is 4.07. The summed E-state index contributed by atoms with van der Waals surface area (Å²) in [6.45, 7) is 2.91. The minimum atomic E-state index is -0.178. The average molecular weight is 316 g/mol. The minimum Gasteiger partial charge on any atom is -0.338 e. The number of carbonyl (C=O) groups is 1. The van der Waals surface area contributed by atoms with Crippen LogP contribution in [0.25, 0.3) is 4.96 Å². The van der Waals surface area contributed by atoms with E-state index < -0.39 is 0 Å². The third-order valence-electron chi connectivity index (χ3n) is 3.11. The zero-order chi connectivity index (χ0) is 15.4. The van der Waals surface area contributed by atoms with Crippen LogP contribution in [-0.2, 0) is 13.0 Å². The number of benzene rings is 1. The number of hydrogen-bond acceptors (Lipinski definition) is 5. The third kappa shape index (κ3) is 3.40. The topological polar surface area (TPSA) is 84.2 Å². The monoisotopic (exact) mass is 316 g/mol. The van der Waals surface area contributed by atoms with Gasteiger partial charge in [-0.3, -0.25) is 0 Å². The normalized spacial score (nSPS) is 10.8. The molecule has 0 spiro atoms. The van der Waals surface area contributed by atoms with E-state index in [0.717, 1.165) is 21.4 Å². The second-order valence-electron chi connectivity index (χ2n) is 4.78. The number of urea groups is 1. The summed E-state index contributed by atoms with van der Waals surface area (Å²) < 4.78 is 1.72. The smallest absolute Gasteiger partial charge is 0.315 e. The fourth-order valence-electron chi connectivity index (χ4n) is 1.98. The summed E-state index contributed by atoms with van der Waals surface area (Å²) in [4.78, 5) is 12.5. The number of aryl methyl sites for hydroxylation is 1. The van der Waals surface area contributed by atoms with Crippen molar-refractivity contribution in [3.05, 3.63) is 46.7 Å². The van der Waals surface area contributed by atoms with Gasteiger partial charge in [0.1, 0.15) is 5.01 Å². The standard InChI is InChI=1S/C14H16N6OS/c1-10-17-18-14-20(10)19-12(22-14)7-8-15-13(21)16-9-11-5-3-2-4-6-11/h2-6H,7-9H2,1H3,(H2,15,16,21). The van der Waals surface area contributed by atoms with Crippen molar-refractivity contribution < 1.29 is 4.79 Å². The molecule has 0 atom stereocenters. The summed E-state index contributed by atoms with van der Waals surface area (Å²) in [6.07, 6.45) is 0.673. The summed E-state index contributed by atoms with van der Waals surface area (Å²) >= 11 is 1.49. The van der Waals surface area contributed by atoms with Crippen LogP contribution in [0, 0.1) is 6.92 Å². The van der Waals surface area contributed by atoms with E-state index in [1.54, 1.807) is 4.52 Å². The van der Waals surface area contributed by atoms with Gasteiger partial charge in [-0.25, -0.2) is 4.79 Å². The Bertz CT molecular complexity index is 766. The first-order chi connectivity index (χ1) is 10.7. The molecule has 114 valence electrons. The molecule has 0 fully saturated rings. The number of carbonyl (C=O) groups excluding carboxylic acids is 1. The van der Waals surface area contributed by atoms with Gasteiger partial charge in [-0.2, -0.15) is 9.61 Å². The largest absolute Gasteiger partial charge is 0.338 e. The van der Waals surface area contributed by atoms with E-state index in [-0.39, 0.29) is 6.03 Å². The molecule has 2 aromatic heterocycles. The van der Waals surface area contributed by atoms with E-state index in [1.807, 2.05) is 37.3 Å². The van der Waals surface area contributed by atoms with Crippen molar-refractivity contribution >= 4 is 22.3 Å². The van der Waals surface area contributed by atoms with Gasteiger partial charge in [0.05, 0.1) is 0 Å². The Morgan fingerprint density at radius 3 is 2.82 bits per heavy atom. The number of amides is 2. The molecule has 2 amide bonds. The molecule has 8 heteroatoms. The fraction of sp³-hybridized carbons (Fsp3) is 0.286. The number of nitrogens with zero attached hydrogens (tertiary/aromatic N) is 4. The summed E-state index contributed by atoms with van der Waals surface area (Å²) in [7, 11) is 0. The van der Waals surface area contributed by atoms with Gasteiger partial charge >= 0.3 is 6.03 Å². The number of fused-ring (bicyclic) bond motifs is 1. The van der Waals surface area contributed by atoms with Crippen molar-refractivity contribution in [2.45, 2.75) is 19.9 Å². The first kappa shape index (κ1) is 14.5. The Balaban J connectivity index is 1.43. The second kappa shape index (κ2) is 6.52. The lowest BCUT2D eigenvalue weighted by atomic mass is 10.2. The zero-order valence-electron chi connectivity index (χ0n) is 12.1. The van der Waals surface area contributed by atoms with Gasteiger partial charge in [0, 0.05) is 19.5 Å². The maximum atomic E-state index is 11.7. The molecule has 0 radical (unpaired) electrons. The Morgan fingerprint density at radius 1 is 1.23 bits per heavy atom. The van der Waals surface area contributed by atoms with E-state index in [1.165, 1.54) is 11.3 Å². The van der Waals surface area contributed by atoms with Gasteiger partial charge in [0.25, 0.3) is 0 Å². The van der Waals surface area contributed by atoms with Crippen LogP contribution in [-0.4, -0.2) is 32.4 Å². The fourth-order valence-corrected chi connectivity index (χ4v) is 2.86.